The van der Waals surface area contributed by atoms with E-state index in [-0.39, 0.29) is 24.0 Å². The maximum atomic E-state index is 12.5. The average molecular weight is 317 g/mol. The van der Waals surface area contributed by atoms with Crippen molar-refractivity contribution in [2.75, 3.05) is 0 Å². The fourth-order valence-corrected chi connectivity index (χ4v) is 2.84. The van der Waals surface area contributed by atoms with Crippen LogP contribution < -0.4 is 5.32 Å². The molecule has 1 saturated heterocycles. The first-order chi connectivity index (χ1) is 10.9. The molecule has 1 aromatic carbocycles. The van der Waals surface area contributed by atoms with Crippen LogP contribution in [0.4, 0.5) is 5.69 Å². The summed E-state index contributed by atoms with van der Waals surface area (Å²) in [6.07, 6.45) is 0.583. The van der Waals surface area contributed by atoms with Gasteiger partial charge in [-0.1, -0.05) is 6.07 Å². The standard InChI is InChI=1S/C14H11N3O6/c18-10-6-2-5-9(12(19)15-10)16-13(20)7-3-1-4-8(17(22)23)11(7)14(16)21/h1,3-4,9H,2,5-6H2,(H,15,18,19)/t9-/m1/s1. The van der Waals surface area contributed by atoms with E-state index in [0.717, 1.165) is 6.07 Å². The van der Waals surface area contributed by atoms with Crippen molar-refractivity contribution >= 4 is 29.3 Å². The highest BCUT2D eigenvalue weighted by atomic mass is 16.6. The van der Waals surface area contributed by atoms with Gasteiger partial charge in [0.25, 0.3) is 17.5 Å². The van der Waals surface area contributed by atoms with Gasteiger partial charge in [0.2, 0.25) is 11.8 Å². The molecular formula is C14H11N3O6. The van der Waals surface area contributed by atoms with Gasteiger partial charge in [0, 0.05) is 12.5 Å². The number of nitrogens with zero attached hydrogens (tertiary/aromatic N) is 2. The number of carbonyl (C=O) groups is 4. The number of nitro groups is 1. The monoisotopic (exact) mass is 317 g/mol. The van der Waals surface area contributed by atoms with E-state index in [9.17, 15) is 29.3 Å². The summed E-state index contributed by atoms with van der Waals surface area (Å²) in [4.78, 5) is 59.4. The number of nitrogens with one attached hydrogen (secondary N) is 1. The highest BCUT2D eigenvalue weighted by Gasteiger charge is 2.46. The van der Waals surface area contributed by atoms with Gasteiger partial charge in [-0.2, -0.15) is 0 Å². The molecule has 0 aromatic heterocycles. The lowest BCUT2D eigenvalue weighted by molar-refractivity contribution is -0.385. The molecule has 9 nitrogen and oxygen atoms in total. The molecule has 2 aliphatic heterocycles. The minimum atomic E-state index is -1.14. The van der Waals surface area contributed by atoms with Crippen LogP contribution in [0.3, 0.4) is 0 Å². The Kier molecular flexibility index (Phi) is 3.40. The van der Waals surface area contributed by atoms with Gasteiger partial charge in [0.1, 0.15) is 11.6 Å². The first kappa shape index (κ1) is 14.8. The van der Waals surface area contributed by atoms with Crippen LogP contribution in [0.25, 0.3) is 0 Å². The van der Waals surface area contributed by atoms with Gasteiger partial charge >= 0.3 is 0 Å². The molecule has 2 heterocycles. The van der Waals surface area contributed by atoms with E-state index in [0.29, 0.717) is 11.3 Å². The lowest BCUT2D eigenvalue weighted by Gasteiger charge is -2.22. The molecule has 4 amide bonds. The quantitative estimate of drug-likeness (QED) is 0.477. The fourth-order valence-electron chi connectivity index (χ4n) is 2.84. The first-order valence-corrected chi connectivity index (χ1v) is 6.91. The summed E-state index contributed by atoms with van der Waals surface area (Å²) in [7, 11) is 0. The van der Waals surface area contributed by atoms with Crippen LogP contribution in [0.15, 0.2) is 18.2 Å². The smallest absolute Gasteiger partial charge is 0.282 e. The van der Waals surface area contributed by atoms with Crippen LogP contribution in [0, 0.1) is 10.1 Å². The van der Waals surface area contributed by atoms with E-state index in [2.05, 4.69) is 5.32 Å². The minimum absolute atomic E-state index is 0.104. The molecule has 23 heavy (non-hydrogen) atoms. The number of amides is 4. The van der Waals surface area contributed by atoms with Crippen molar-refractivity contribution in [2.45, 2.75) is 25.3 Å². The molecule has 0 bridgehead atoms. The number of hydrogen-bond acceptors (Lipinski definition) is 6. The van der Waals surface area contributed by atoms with Crippen molar-refractivity contribution in [3.05, 3.63) is 39.4 Å². The molecule has 9 heteroatoms. The molecule has 0 saturated carbocycles. The summed E-state index contributed by atoms with van der Waals surface area (Å²) in [6.45, 7) is 0. The van der Waals surface area contributed by atoms with Crippen LogP contribution in [-0.2, 0) is 9.59 Å². The summed E-state index contributed by atoms with van der Waals surface area (Å²) in [5.41, 5.74) is -0.896. The maximum Gasteiger partial charge on any atom is 0.282 e. The third-order valence-electron chi connectivity index (χ3n) is 3.88. The number of carbonyl (C=O) groups excluding carboxylic acids is 4. The Labute approximate surface area is 129 Å². The Morgan fingerprint density at radius 2 is 1.91 bits per heavy atom. The van der Waals surface area contributed by atoms with E-state index in [1.165, 1.54) is 12.1 Å². The second-order valence-corrected chi connectivity index (χ2v) is 5.26. The molecule has 1 aromatic rings. The fraction of sp³-hybridized carbons (Fsp3) is 0.286. The normalized spacial score (nSPS) is 21.0. The third-order valence-corrected chi connectivity index (χ3v) is 3.88. The van der Waals surface area contributed by atoms with Gasteiger partial charge < -0.3 is 0 Å². The zero-order chi connectivity index (χ0) is 16.7. The average Bonchev–Trinajstić information content (AvgIpc) is 2.64. The van der Waals surface area contributed by atoms with Crippen LogP contribution in [0.2, 0.25) is 0 Å². The molecule has 118 valence electrons. The van der Waals surface area contributed by atoms with Crippen molar-refractivity contribution in [3.8, 4) is 0 Å². The molecule has 0 unspecified atom stereocenters. The van der Waals surface area contributed by atoms with E-state index in [1.54, 1.807) is 0 Å². The van der Waals surface area contributed by atoms with Crippen molar-refractivity contribution in [2.24, 2.45) is 0 Å². The molecule has 3 rings (SSSR count). The number of fused-ring (bicyclic) bond motifs is 1. The van der Waals surface area contributed by atoms with Crippen LogP contribution in [-0.4, -0.2) is 39.5 Å². The van der Waals surface area contributed by atoms with E-state index in [1.807, 2.05) is 0 Å². The zero-order valence-electron chi connectivity index (χ0n) is 11.8. The largest absolute Gasteiger partial charge is 0.295 e. The predicted molar refractivity (Wildman–Crippen MR) is 74.4 cm³/mol. The lowest BCUT2D eigenvalue weighted by Crippen LogP contribution is -2.49. The zero-order valence-corrected chi connectivity index (χ0v) is 11.8. The van der Waals surface area contributed by atoms with Gasteiger partial charge in [-0.3, -0.25) is 39.5 Å². The highest BCUT2D eigenvalue weighted by Crippen LogP contribution is 2.33. The van der Waals surface area contributed by atoms with E-state index in [4.69, 9.17) is 0 Å². The first-order valence-electron chi connectivity index (χ1n) is 6.91. The van der Waals surface area contributed by atoms with E-state index < -0.39 is 40.3 Å². The van der Waals surface area contributed by atoms with Crippen molar-refractivity contribution in [1.29, 1.82) is 0 Å². The number of imide groups is 2. The summed E-state index contributed by atoms with van der Waals surface area (Å²) in [6, 6.07) is 2.60. The van der Waals surface area contributed by atoms with Gasteiger partial charge in [0.15, 0.2) is 0 Å². The molecule has 1 fully saturated rings. The Balaban J connectivity index is 2.03. The molecule has 0 aliphatic carbocycles. The molecule has 1 atom stereocenters. The molecule has 0 spiro atoms. The summed E-state index contributed by atoms with van der Waals surface area (Å²) < 4.78 is 0. The van der Waals surface area contributed by atoms with Crippen LogP contribution >= 0.6 is 0 Å². The summed E-state index contributed by atoms with van der Waals surface area (Å²) in [5.74, 6) is -2.86. The lowest BCUT2D eigenvalue weighted by atomic mass is 10.1. The van der Waals surface area contributed by atoms with Gasteiger partial charge in [0.05, 0.1) is 10.5 Å². The topological polar surface area (TPSA) is 127 Å². The van der Waals surface area contributed by atoms with Crippen molar-refractivity contribution < 1.29 is 24.1 Å². The van der Waals surface area contributed by atoms with Crippen molar-refractivity contribution in [1.82, 2.24) is 10.2 Å². The molecular weight excluding hydrogens is 306 g/mol. The Hall–Kier alpha value is -3.10. The minimum Gasteiger partial charge on any atom is -0.295 e. The number of hydrogen-bond donors (Lipinski definition) is 1. The summed E-state index contributed by atoms with van der Waals surface area (Å²) in [5, 5.41) is 13.2. The second-order valence-electron chi connectivity index (χ2n) is 5.26. The Bertz CT molecular complexity index is 772. The number of nitro benzene ring substituents is 1. The Morgan fingerprint density at radius 1 is 1.17 bits per heavy atom. The number of benzene rings is 1. The third kappa shape index (κ3) is 2.26. The molecule has 0 radical (unpaired) electrons. The van der Waals surface area contributed by atoms with Gasteiger partial charge in [-0.25, -0.2) is 0 Å². The Morgan fingerprint density at radius 3 is 2.61 bits per heavy atom. The van der Waals surface area contributed by atoms with Crippen molar-refractivity contribution in [3.63, 3.8) is 0 Å². The van der Waals surface area contributed by atoms with E-state index >= 15 is 0 Å². The molecule has 2 aliphatic rings. The van der Waals surface area contributed by atoms with Crippen LogP contribution in [0.5, 0.6) is 0 Å². The van der Waals surface area contributed by atoms with Crippen LogP contribution in [0.1, 0.15) is 40.0 Å². The predicted octanol–water partition coefficient (Wildman–Crippen LogP) is 0.386. The SMILES string of the molecule is O=C1CCC[C@@H](N2C(=O)c3cccc([N+](=O)[O-])c3C2=O)C(=O)N1. The van der Waals surface area contributed by atoms with Gasteiger partial charge in [-0.15, -0.1) is 0 Å². The maximum absolute atomic E-state index is 12.5. The highest BCUT2D eigenvalue weighted by molar-refractivity contribution is 6.24. The second kappa shape index (κ2) is 5.27. The number of rotatable bonds is 2. The summed E-state index contributed by atoms with van der Waals surface area (Å²) >= 11 is 0. The van der Waals surface area contributed by atoms with Gasteiger partial charge in [-0.05, 0) is 18.9 Å². The molecule has 1 N–H and O–H groups in total.